The molecule has 1 aliphatic heterocycles. The number of aryl methyl sites for hydroxylation is 1. The van der Waals surface area contributed by atoms with Gasteiger partial charge in [-0.2, -0.15) is 5.26 Å². The number of nitriles is 1. The molecule has 5 rings (SSSR count). The number of anilines is 1. The van der Waals surface area contributed by atoms with Gasteiger partial charge in [0.15, 0.2) is 0 Å². The normalized spacial score (nSPS) is 13.8. The smallest absolute Gasteiger partial charge is 0.306 e. The quantitative estimate of drug-likeness (QED) is 0.492. The van der Waals surface area contributed by atoms with E-state index in [0.717, 1.165) is 23.0 Å². The SMILES string of the molecule is N#Cc1ccc2c(c1)N(S(=O)(=O)c1cccc(-n3c(=O)[nH]c4ccccc4c3=O)c1)CCCC2. The molecule has 0 radical (unpaired) electrons. The fourth-order valence-electron chi connectivity index (χ4n) is 4.33. The van der Waals surface area contributed by atoms with Crippen LogP contribution >= 0.6 is 0 Å². The van der Waals surface area contributed by atoms with Gasteiger partial charge in [0.05, 0.1) is 38.8 Å². The molecule has 0 amide bonds. The molecule has 9 heteroatoms. The minimum absolute atomic E-state index is 0.0420. The Morgan fingerprint density at radius 1 is 0.941 bits per heavy atom. The van der Waals surface area contributed by atoms with Crippen LogP contribution in [0.2, 0.25) is 0 Å². The predicted octanol–water partition coefficient (Wildman–Crippen LogP) is 3.08. The molecule has 0 aliphatic carbocycles. The highest BCUT2D eigenvalue weighted by molar-refractivity contribution is 7.92. The number of hydrogen-bond donors (Lipinski definition) is 1. The van der Waals surface area contributed by atoms with E-state index in [9.17, 15) is 23.3 Å². The first-order chi connectivity index (χ1) is 16.4. The Bertz CT molecular complexity index is 1700. The molecule has 0 unspecified atom stereocenters. The monoisotopic (exact) mass is 472 g/mol. The Morgan fingerprint density at radius 2 is 1.76 bits per heavy atom. The van der Waals surface area contributed by atoms with Crippen molar-refractivity contribution in [1.29, 1.82) is 5.26 Å². The molecule has 0 saturated heterocycles. The first-order valence-electron chi connectivity index (χ1n) is 10.8. The Morgan fingerprint density at radius 3 is 2.59 bits per heavy atom. The van der Waals surface area contributed by atoms with Gasteiger partial charge in [-0.05, 0) is 67.3 Å². The molecule has 0 spiro atoms. The number of nitrogens with zero attached hydrogens (tertiary/aromatic N) is 3. The fraction of sp³-hybridized carbons (Fsp3) is 0.160. The Kier molecular flexibility index (Phi) is 5.30. The van der Waals surface area contributed by atoms with E-state index < -0.39 is 21.3 Å². The fourth-order valence-corrected chi connectivity index (χ4v) is 5.90. The largest absolute Gasteiger partial charge is 0.333 e. The Hall–Kier alpha value is -4.16. The Balaban J connectivity index is 1.66. The summed E-state index contributed by atoms with van der Waals surface area (Å²) < 4.78 is 29.7. The highest BCUT2D eigenvalue weighted by Gasteiger charge is 2.29. The summed E-state index contributed by atoms with van der Waals surface area (Å²) >= 11 is 0. The zero-order valence-electron chi connectivity index (χ0n) is 18.1. The van der Waals surface area contributed by atoms with Gasteiger partial charge in [0.1, 0.15) is 0 Å². The summed E-state index contributed by atoms with van der Waals surface area (Å²) in [6.07, 6.45) is 2.21. The highest BCUT2D eigenvalue weighted by atomic mass is 32.2. The van der Waals surface area contributed by atoms with Crippen LogP contribution in [0.1, 0.15) is 24.0 Å². The molecule has 1 aromatic heterocycles. The number of sulfonamides is 1. The third-order valence-electron chi connectivity index (χ3n) is 6.01. The van der Waals surface area contributed by atoms with Crippen molar-refractivity contribution in [2.75, 3.05) is 10.8 Å². The number of benzene rings is 3. The van der Waals surface area contributed by atoms with Crippen molar-refractivity contribution < 1.29 is 8.42 Å². The summed E-state index contributed by atoms with van der Waals surface area (Å²) in [5.74, 6) is 0. The number of fused-ring (bicyclic) bond motifs is 2. The summed E-state index contributed by atoms with van der Waals surface area (Å²) in [6, 6.07) is 19.6. The van der Waals surface area contributed by atoms with Crippen LogP contribution < -0.4 is 15.6 Å². The van der Waals surface area contributed by atoms with Gasteiger partial charge in [-0.3, -0.25) is 9.10 Å². The van der Waals surface area contributed by atoms with E-state index >= 15 is 0 Å². The number of aromatic nitrogens is 2. The van der Waals surface area contributed by atoms with Gasteiger partial charge in [0, 0.05) is 6.54 Å². The molecule has 0 bridgehead atoms. The lowest BCUT2D eigenvalue weighted by Gasteiger charge is -2.25. The van der Waals surface area contributed by atoms with Crippen LogP contribution in [0.15, 0.2) is 81.2 Å². The van der Waals surface area contributed by atoms with Crippen LogP contribution in [0.5, 0.6) is 0 Å². The molecule has 8 nitrogen and oxygen atoms in total. The van der Waals surface area contributed by atoms with E-state index in [1.54, 1.807) is 42.5 Å². The van der Waals surface area contributed by atoms with Crippen LogP contribution in [-0.2, 0) is 16.4 Å². The zero-order valence-corrected chi connectivity index (χ0v) is 18.9. The van der Waals surface area contributed by atoms with Crippen molar-refractivity contribution in [1.82, 2.24) is 9.55 Å². The lowest BCUT2D eigenvalue weighted by molar-refractivity contribution is 0.589. The summed E-state index contributed by atoms with van der Waals surface area (Å²) in [6.45, 7) is 0.269. The Labute approximate surface area is 195 Å². The van der Waals surface area contributed by atoms with Crippen molar-refractivity contribution in [3.63, 3.8) is 0 Å². The lowest BCUT2D eigenvalue weighted by atomic mass is 10.1. The van der Waals surface area contributed by atoms with Gasteiger partial charge in [-0.1, -0.05) is 24.3 Å². The van der Waals surface area contributed by atoms with E-state index in [-0.39, 0.29) is 17.1 Å². The van der Waals surface area contributed by atoms with Gasteiger partial charge < -0.3 is 4.98 Å². The predicted molar refractivity (Wildman–Crippen MR) is 129 cm³/mol. The van der Waals surface area contributed by atoms with Crippen molar-refractivity contribution >= 4 is 26.6 Å². The van der Waals surface area contributed by atoms with Gasteiger partial charge in [0.25, 0.3) is 15.6 Å². The summed E-state index contributed by atoms with van der Waals surface area (Å²) in [5.41, 5.74) is 1.10. The topological polar surface area (TPSA) is 116 Å². The average molecular weight is 473 g/mol. The third kappa shape index (κ3) is 3.58. The van der Waals surface area contributed by atoms with Crippen molar-refractivity contribution in [3.8, 4) is 11.8 Å². The van der Waals surface area contributed by atoms with Crippen molar-refractivity contribution in [2.45, 2.75) is 24.2 Å². The van der Waals surface area contributed by atoms with Crippen molar-refractivity contribution in [2.24, 2.45) is 0 Å². The van der Waals surface area contributed by atoms with E-state index in [0.29, 0.717) is 28.6 Å². The second kappa shape index (κ2) is 8.32. The van der Waals surface area contributed by atoms with Crippen LogP contribution in [0.25, 0.3) is 16.6 Å². The zero-order chi connectivity index (χ0) is 23.9. The van der Waals surface area contributed by atoms with Crippen molar-refractivity contribution in [3.05, 3.63) is 98.7 Å². The van der Waals surface area contributed by atoms with Crippen LogP contribution in [0.4, 0.5) is 5.69 Å². The summed E-state index contributed by atoms with van der Waals surface area (Å²) in [5, 5.41) is 9.64. The number of hydrogen-bond acceptors (Lipinski definition) is 5. The van der Waals surface area contributed by atoms with E-state index in [1.807, 2.05) is 0 Å². The molecule has 170 valence electrons. The molecule has 2 heterocycles. The molecule has 1 aliphatic rings. The van der Waals surface area contributed by atoms with Gasteiger partial charge in [-0.15, -0.1) is 0 Å². The maximum atomic E-state index is 13.7. The van der Waals surface area contributed by atoms with Gasteiger partial charge >= 0.3 is 5.69 Å². The molecule has 4 aromatic rings. The maximum Gasteiger partial charge on any atom is 0.333 e. The molecule has 0 fully saturated rings. The first kappa shape index (κ1) is 21.7. The van der Waals surface area contributed by atoms with Crippen LogP contribution in [0.3, 0.4) is 0 Å². The molecule has 3 aromatic carbocycles. The molecular formula is C25H20N4O4S. The molecule has 1 N–H and O–H groups in total. The van der Waals surface area contributed by atoms with E-state index in [2.05, 4.69) is 11.1 Å². The minimum atomic E-state index is -4.03. The number of rotatable bonds is 3. The summed E-state index contributed by atoms with van der Waals surface area (Å²) in [7, 11) is -4.03. The molecule has 0 atom stereocenters. The molecule has 34 heavy (non-hydrogen) atoms. The highest BCUT2D eigenvalue weighted by Crippen LogP contribution is 2.32. The standard InChI is InChI=1S/C25H20N4O4S/c26-16-17-11-12-18-6-3-4-13-28(23(18)14-17)34(32,33)20-8-5-7-19(15-20)29-24(30)21-9-1-2-10-22(21)27-25(29)31/h1-2,5,7-12,14-15H,3-4,6,13H2,(H,27,31). The second-order valence-electron chi connectivity index (χ2n) is 8.10. The van der Waals surface area contributed by atoms with E-state index in [1.165, 1.54) is 28.6 Å². The first-order valence-corrected chi connectivity index (χ1v) is 12.2. The average Bonchev–Trinajstić information content (AvgIpc) is 3.06. The van der Waals surface area contributed by atoms with Crippen LogP contribution in [-0.4, -0.2) is 24.5 Å². The second-order valence-corrected chi connectivity index (χ2v) is 9.97. The molecule has 0 saturated carbocycles. The number of nitrogens with one attached hydrogen (secondary N) is 1. The van der Waals surface area contributed by atoms with Gasteiger partial charge in [-0.25, -0.2) is 17.8 Å². The lowest BCUT2D eigenvalue weighted by Crippen LogP contribution is -2.34. The summed E-state index contributed by atoms with van der Waals surface area (Å²) in [4.78, 5) is 28.4. The number of aromatic amines is 1. The minimum Gasteiger partial charge on any atom is -0.306 e. The van der Waals surface area contributed by atoms with Gasteiger partial charge in [0.2, 0.25) is 0 Å². The third-order valence-corrected chi connectivity index (χ3v) is 7.82. The number of H-pyrrole nitrogens is 1. The maximum absolute atomic E-state index is 13.7. The van der Waals surface area contributed by atoms with Crippen LogP contribution in [0, 0.1) is 11.3 Å². The van der Waals surface area contributed by atoms with E-state index in [4.69, 9.17) is 0 Å². The molecular weight excluding hydrogens is 452 g/mol. The number of para-hydroxylation sites is 1.